The zero-order valence-electron chi connectivity index (χ0n) is 11.2. The fourth-order valence-electron chi connectivity index (χ4n) is 3.16. The van der Waals surface area contributed by atoms with Gasteiger partial charge < -0.3 is 15.4 Å². The van der Waals surface area contributed by atoms with Gasteiger partial charge in [0.2, 0.25) is 17.4 Å². The molecule has 19 heavy (non-hydrogen) atoms. The van der Waals surface area contributed by atoms with Crippen molar-refractivity contribution in [3.8, 4) is 0 Å². The molecule has 6 nitrogen and oxygen atoms in total. The summed E-state index contributed by atoms with van der Waals surface area (Å²) in [6.45, 7) is 4.25. The fourth-order valence-corrected chi connectivity index (χ4v) is 3.16. The van der Waals surface area contributed by atoms with Crippen molar-refractivity contribution < 1.29 is 14.3 Å². The number of nitrogens with zero attached hydrogens (tertiary/aromatic N) is 1. The van der Waals surface area contributed by atoms with E-state index in [1.807, 2.05) is 11.8 Å². The van der Waals surface area contributed by atoms with Gasteiger partial charge in [0.05, 0.1) is 11.4 Å². The van der Waals surface area contributed by atoms with Gasteiger partial charge in [-0.25, -0.2) is 0 Å². The minimum atomic E-state index is -0.777. The van der Waals surface area contributed by atoms with Crippen molar-refractivity contribution in [2.24, 2.45) is 5.73 Å². The summed E-state index contributed by atoms with van der Waals surface area (Å²) in [5.74, 6) is -1.19. The summed E-state index contributed by atoms with van der Waals surface area (Å²) in [4.78, 5) is 26.5. The number of rotatable bonds is 1. The third-order valence-electron chi connectivity index (χ3n) is 4.15. The first-order chi connectivity index (χ1) is 8.91. The van der Waals surface area contributed by atoms with Crippen LogP contribution in [0.4, 0.5) is 0 Å². The number of nitrogens with one attached hydrogen (secondary N) is 1. The Hall–Kier alpha value is -1.66. The van der Waals surface area contributed by atoms with Gasteiger partial charge in [0.1, 0.15) is 0 Å². The highest BCUT2D eigenvalue weighted by Crippen LogP contribution is 2.43. The molecule has 0 saturated carbocycles. The lowest BCUT2D eigenvalue weighted by Gasteiger charge is -2.33. The maximum atomic E-state index is 12.4. The number of methoxy groups -OCH3 is 1. The lowest BCUT2D eigenvalue weighted by Crippen LogP contribution is -2.50. The molecule has 3 N–H and O–H groups in total. The van der Waals surface area contributed by atoms with Crippen molar-refractivity contribution >= 4 is 11.6 Å². The molecule has 0 spiro atoms. The Morgan fingerprint density at radius 2 is 2.11 bits per heavy atom. The van der Waals surface area contributed by atoms with Gasteiger partial charge in [-0.15, -0.1) is 0 Å². The van der Waals surface area contributed by atoms with Gasteiger partial charge in [-0.05, 0) is 13.8 Å². The largest absolute Gasteiger partial charge is 0.395 e. The fraction of sp³-hybridized carbons (Fsp3) is 0.538. The molecule has 102 valence electrons. The molecule has 2 unspecified atom stereocenters. The first-order valence-corrected chi connectivity index (χ1v) is 6.30. The monoisotopic (exact) mass is 263 g/mol. The van der Waals surface area contributed by atoms with Crippen LogP contribution in [0, 0.1) is 0 Å². The smallest absolute Gasteiger partial charge is 0.207 e. The molecule has 0 aromatic heterocycles. The van der Waals surface area contributed by atoms with Crippen molar-refractivity contribution in [3.05, 3.63) is 22.5 Å². The summed E-state index contributed by atoms with van der Waals surface area (Å²) >= 11 is 0. The van der Waals surface area contributed by atoms with E-state index in [1.54, 1.807) is 14.0 Å². The number of fused-ring (bicyclic) bond motifs is 2. The molecule has 1 saturated heterocycles. The van der Waals surface area contributed by atoms with Gasteiger partial charge in [0.15, 0.2) is 0 Å². The van der Waals surface area contributed by atoms with Crippen LogP contribution in [0.15, 0.2) is 22.5 Å². The van der Waals surface area contributed by atoms with Gasteiger partial charge in [-0.3, -0.25) is 14.9 Å². The Kier molecular flexibility index (Phi) is 2.40. The van der Waals surface area contributed by atoms with Crippen LogP contribution < -0.4 is 11.1 Å². The summed E-state index contributed by atoms with van der Waals surface area (Å²) < 4.78 is 5.56. The summed E-state index contributed by atoms with van der Waals surface area (Å²) in [5, 5.41) is 3.30. The molecule has 2 heterocycles. The number of ketones is 2. The molecule has 0 bridgehead atoms. The topological polar surface area (TPSA) is 84.7 Å². The van der Waals surface area contributed by atoms with Crippen molar-refractivity contribution in [1.29, 1.82) is 0 Å². The number of Topliss-reactive ketones (excluding diaryl/α,β-unsaturated/α-hetero) is 2. The number of carbonyl (C=O) groups is 2. The van der Waals surface area contributed by atoms with Crippen molar-refractivity contribution in [3.63, 3.8) is 0 Å². The molecule has 1 aliphatic carbocycles. The number of carbonyl (C=O) groups excluding carboxylic acids is 2. The number of ether oxygens (including phenoxy) is 1. The highest BCUT2D eigenvalue weighted by atomic mass is 16.5. The summed E-state index contributed by atoms with van der Waals surface area (Å²) in [7, 11) is 1.58. The van der Waals surface area contributed by atoms with E-state index in [-0.39, 0.29) is 23.3 Å². The van der Waals surface area contributed by atoms with Crippen LogP contribution in [0.1, 0.15) is 20.3 Å². The van der Waals surface area contributed by atoms with Gasteiger partial charge in [-0.2, -0.15) is 0 Å². The first kappa shape index (κ1) is 12.4. The molecule has 2 aliphatic heterocycles. The standard InChI is InChI=1S/C13H17N3O3/c1-6-5-16-10-8(4-13(16,15-6)19-3)12(18)9(14)7(2)11(10)17/h6,15H,4-5,14H2,1-3H3. The van der Waals surface area contributed by atoms with E-state index in [4.69, 9.17) is 10.5 Å². The average molecular weight is 263 g/mol. The first-order valence-electron chi connectivity index (χ1n) is 6.30. The zero-order valence-corrected chi connectivity index (χ0v) is 11.2. The number of allylic oxidation sites excluding steroid dienone is 2. The molecule has 0 amide bonds. The van der Waals surface area contributed by atoms with Crippen molar-refractivity contribution in [2.75, 3.05) is 13.7 Å². The minimum Gasteiger partial charge on any atom is -0.395 e. The predicted molar refractivity (Wildman–Crippen MR) is 67.6 cm³/mol. The van der Waals surface area contributed by atoms with Crippen LogP contribution in [-0.4, -0.2) is 42.0 Å². The van der Waals surface area contributed by atoms with E-state index in [0.29, 0.717) is 29.8 Å². The second-order valence-electron chi connectivity index (χ2n) is 5.35. The molecule has 6 heteroatoms. The third-order valence-corrected chi connectivity index (χ3v) is 4.15. The Morgan fingerprint density at radius 3 is 2.74 bits per heavy atom. The third kappa shape index (κ3) is 1.38. The van der Waals surface area contributed by atoms with E-state index < -0.39 is 5.85 Å². The maximum Gasteiger partial charge on any atom is 0.207 e. The lowest BCUT2D eigenvalue weighted by molar-refractivity contribution is -0.122. The van der Waals surface area contributed by atoms with Crippen LogP contribution in [0.25, 0.3) is 0 Å². The van der Waals surface area contributed by atoms with E-state index >= 15 is 0 Å². The number of hydrogen-bond donors (Lipinski definition) is 2. The molecular weight excluding hydrogens is 246 g/mol. The number of hydrogen-bond acceptors (Lipinski definition) is 6. The second-order valence-corrected chi connectivity index (χ2v) is 5.35. The van der Waals surface area contributed by atoms with Gasteiger partial charge in [0, 0.05) is 37.3 Å². The molecule has 3 aliphatic rings. The molecular formula is C13H17N3O3. The SMILES string of the molecule is COC12CC3=C(C(=O)C(C)=C(N)C3=O)N1CC(C)N2. The molecule has 3 rings (SSSR count). The highest BCUT2D eigenvalue weighted by molar-refractivity contribution is 6.25. The molecule has 0 aromatic rings. The van der Waals surface area contributed by atoms with E-state index in [0.717, 1.165) is 0 Å². The Bertz CT molecular complexity index is 563. The van der Waals surface area contributed by atoms with Crippen molar-refractivity contribution in [2.45, 2.75) is 32.2 Å². The van der Waals surface area contributed by atoms with E-state index in [1.165, 1.54) is 0 Å². The molecule has 1 fully saturated rings. The molecule has 0 aromatic carbocycles. The summed E-state index contributed by atoms with van der Waals surface area (Å²) in [6, 6.07) is 0.195. The average Bonchev–Trinajstić information content (AvgIpc) is 2.85. The maximum absolute atomic E-state index is 12.4. The van der Waals surface area contributed by atoms with Crippen LogP contribution in [-0.2, 0) is 14.3 Å². The van der Waals surface area contributed by atoms with E-state index in [9.17, 15) is 9.59 Å². The van der Waals surface area contributed by atoms with Crippen molar-refractivity contribution in [1.82, 2.24) is 10.2 Å². The van der Waals surface area contributed by atoms with Crippen LogP contribution >= 0.6 is 0 Å². The van der Waals surface area contributed by atoms with Gasteiger partial charge in [-0.1, -0.05) is 0 Å². The Balaban J connectivity index is 2.10. The Morgan fingerprint density at radius 1 is 1.42 bits per heavy atom. The van der Waals surface area contributed by atoms with Crippen LogP contribution in [0.2, 0.25) is 0 Å². The Labute approximate surface area is 111 Å². The highest BCUT2D eigenvalue weighted by Gasteiger charge is 2.55. The summed E-state index contributed by atoms with van der Waals surface area (Å²) in [6.07, 6.45) is 0.349. The van der Waals surface area contributed by atoms with Crippen LogP contribution in [0.3, 0.4) is 0 Å². The lowest BCUT2D eigenvalue weighted by atomic mass is 9.91. The normalized spacial score (nSPS) is 34.3. The van der Waals surface area contributed by atoms with Crippen LogP contribution in [0.5, 0.6) is 0 Å². The van der Waals surface area contributed by atoms with E-state index in [2.05, 4.69) is 5.32 Å². The van der Waals surface area contributed by atoms with Gasteiger partial charge >= 0.3 is 0 Å². The number of nitrogens with two attached hydrogens (primary N) is 1. The predicted octanol–water partition coefficient (Wildman–Crippen LogP) is -0.377. The molecule has 0 radical (unpaired) electrons. The summed E-state index contributed by atoms with van der Waals surface area (Å²) in [5.41, 5.74) is 7.04. The quantitative estimate of drug-likeness (QED) is 0.628. The zero-order chi connectivity index (χ0) is 13.9. The van der Waals surface area contributed by atoms with Gasteiger partial charge in [0.25, 0.3) is 0 Å². The second kappa shape index (κ2) is 3.68. The molecule has 2 atom stereocenters. The minimum absolute atomic E-state index is 0.0595.